The van der Waals surface area contributed by atoms with Crippen molar-refractivity contribution in [3.63, 3.8) is 0 Å². The van der Waals surface area contributed by atoms with Gasteiger partial charge in [-0.25, -0.2) is 13.9 Å². The Balaban J connectivity index is 1.44. The topological polar surface area (TPSA) is 101 Å². The molecule has 10 heteroatoms. The quantitative estimate of drug-likeness (QED) is 0.641. The van der Waals surface area contributed by atoms with Crippen LogP contribution in [0.2, 0.25) is 0 Å². The molecule has 2 saturated heterocycles. The molecule has 3 aromatic rings. The molecule has 1 aliphatic carbocycles. The third-order valence-electron chi connectivity index (χ3n) is 6.83. The number of anilines is 1. The van der Waals surface area contributed by atoms with Crippen LogP contribution in [0.1, 0.15) is 32.2 Å². The lowest BCUT2D eigenvalue weighted by Gasteiger charge is -2.34. The van der Waals surface area contributed by atoms with E-state index in [0.29, 0.717) is 25.3 Å². The molecule has 1 saturated carbocycles. The molecule has 0 N–H and O–H groups in total. The number of nitrogens with zero attached hydrogens (tertiary/aromatic N) is 7. The predicted octanol–water partition coefficient (Wildman–Crippen LogP) is 2.35. The van der Waals surface area contributed by atoms with E-state index in [9.17, 15) is 14.4 Å². The number of nitriles is 1. The number of hydrogen-bond acceptors (Lipinski definition) is 6. The lowest BCUT2D eigenvalue weighted by molar-refractivity contribution is -0.123. The molecule has 158 valence electrons. The maximum absolute atomic E-state index is 14.6. The number of halogens is 1. The molecule has 31 heavy (non-hydrogen) atoms. The smallest absolute Gasteiger partial charge is 0.249 e. The minimum atomic E-state index is -1.03. The second kappa shape index (κ2) is 6.34. The first-order chi connectivity index (χ1) is 15.0. The largest absolute Gasteiger partial charge is 0.374 e. The highest BCUT2D eigenvalue weighted by Crippen LogP contribution is 2.52. The van der Waals surface area contributed by atoms with Gasteiger partial charge in [-0.2, -0.15) is 15.5 Å². The Hall–Kier alpha value is -3.32. The molecular formula is C21H20FN7O2. The van der Waals surface area contributed by atoms with Crippen LogP contribution in [0.4, 0.5) is 10.2 Å². The van der Waals surface area contributed by atoms with E-state index in [0.717, 1.165) is 24.6 Å². The highest BCUT2D eigenvalue weighted by atomic mass is 19.1. The molecule has 3 aliphatic rings. The van der Waals surface area contributed by atoms with Crippen molar-refractivity contribution in [3.8, 4) is 17.3 Å². The van der Waals surface area contributed by atoms with Crippen LogP contribution in [0, 0.1) is 28.5 Å². The second-order valence-electron chi connectivity index (χ2n) is 8.61. The van der Waals surface area contributed by atoms with Gasteiger partial charge in [-0.3, -0.25) is 14.4 Å². The van der Waals surface area contributed by atoms with E-state index in [1.807, 2.05) is 17.8 Å². The second-order valence-corrected chi connectivity index (χ2v) is 8.61. The molecule has 0 bridgehead atoms. The monoisotopic (exact) mass is 421 g/mol. The maximum Gasteiger partial charge on any atom is 0.249 e. The number of ether oxygens (including phenoxy) is 1. The van der Waals surface area contributed by atoms with Crippen molar-refractivity contribution in [1.29, 1.82) is 5.26 Å². The molecule has 0 radical (unpaired) electrons. The molecule has 5 heterocycles. The van der Waals surface area contributed by atoms with Gasteiger partial charge in [-0.05, 0) is 32.1 Å². The van der Waals surface area contributed by atoms with Crippen LogP contribution in [0.15, 0.2) is 24.8 Å². The lowest BCUT2D eigenvalue weighted by Crippen LogP contribution is -2.39. The highest BCUT2D eigenvalue weighted by Gasteiger charge is 2.57. The summed E-state index contributed by atoms with van der Waals surface area (Å²) in [5.41, 5.74) is 0.364. The summed E-state index contributed by atoms with van der Waals surface area (Å²) in [6.07, 6.45) is 8.57. The number of rotatable bonds is 4. The number of aromatic nitrogens is 5. The van der Waals surface area contributed by atoms with Crippen LogP contribution in [0.3, 0.4) is 0 Å². The Bertz CT molecular complexity index is 1260. The van der Waals surface area contributed by atoms with Gasteiger partial charge in [0, 0.05) is 18.3 Å². The summed E-state index contributed by atoms with van der Waals surface area (Å²) in [5, 5.41) is 18.3. The van der Waals surface area contributed by atoms with Gasteiger partial charge in [0.15, 0.2) is 11.6 Å². The molecule has 9 nitrogen and oxygen atoms in total. The van der Waals surface area contributed by atoms with Gasteiger partial charge >= 0.3 is 0 Å². The van der Waals surface area contributed by atoms with Crippen molar-refractivity contribution in [2.24, 2.45) is 11.3 Å². The van der Waals surface area contributed by atoms with E-state index in [1.54, 1.807) is 12.4 Å². The molecule has 2 aliphatic heterocycles. The standard InChI is InChI=1S/C21H20FN7O2/c1-12-17(10-31-12)28-8-13(6-24-28)16-9-29-18(15(22)7-25-29)19(26-16)27-5-4-21(11-23,20(27)30)14-2-3-14/h6-9,12,14,17H,2-5,10H2,1H3/t12-,17-,21+/m0/s1. The van der Waals surface area contributed by atoms with Crippen LogP contribution >= 0.6 is 0 Å². The van der Waals surface area contributed by atoms with E-state index in [-0.39, 0.29) is 35.3 Å². The summed E-state index contributed by atoms with van der Waals surface area (Å²) in [5.74, 6) is -0.572. The maximum atomic E-state index is 14.6. The van der Waals surface area contributed by atoms with Crippen LogP contribution in [0.25, 0.3) is 16.8 Å². The Morgan fingerprint density at radius 1 is 1.29 bits per heavy atom. The molecule has 1 amide bonds. The van der Waals surface area contributed by atoms with Gasteiger partial charge in [-0.15, -0.1) is 0 Å². The third-order valence-corrected chi connectivity index (χ3v) is 6.83. The van der Waals surface area contributed by atoms with Crippen LogP contribution in [-0.4, -0.2) is 49.5 Å². The van der Waals surface area contributed by atoms with Gasteiger partial charge in [0.2, 0.25) is 5.91 Å². The van der Waals surface area contributed by atoms with Crippen LogP contribution in [0.5, 0.6) is 0 Å². The molecule has 0 unspecified atom stereocenters. The van der Waals surface area contributed by atoms with E-state index in [1.165, 1.54) is 9.42 Å². The minimum Gasteiger partial charge on any atom is -0.374 e. The van der Waals surface area contributed by atoms with Crippen molar-refractivity contribution >= 4 is 17.2 Å². The van der Waals surface area contributed by atoms with Gasteiger partial charge < -0.3 is 4.74 Å². The Kier molecular flexibility index (Phi) is 3.77. The first-order valence-corrected chi connectivity index (χ1v) is 10.4. The Morgan fingerprint density at radius 3 is 2.81 bits per heavy atom. The zero-order chi connectivity index (χ0) is 21.3. The minimum absolute atomic E-state index is 0.0777. The van der Waals surface area contributed by atoms with E-state index in [2.05, 4.69) is 21.3 Å². The molecule has 3 atom stereocenters. The summed E-state index contributed by atoms with van der Waals surface area (Å²) in [7, 11) is 0. The predicted molar refractivity (Wildman–Crippen MR) is 106 cm³/mol. The van der Waals surface area contributed by atoms with Crippen molar-refractivity contribution in [2.75, 3.05) is 18.1 Å². The summed E-state index contributed by atoms with van der Waals surface area (Å²) < 4.78 is 23.3. The van der Waals surface area contributed by atoms with Crippen molar-refractivity contribution < 1.29 is 13.9 Å². The number of amides is 1. The molecule has 3 fully saturated rings. The molecule has 3 aromatic heterocycles. The van der Waals surface area contributed by atoms with E-state index in [4.69, 9.17) is 4.74 Å². The summed E-state index contributed by atoms with van der Waals surface area (Å²) >= 11 is 0. The molecular weight excluding hydrogens is 401 g/mol. The summed E-state index contributed by atoms with van der Waals surface area (Å²) in [6, 6.07) is 2.43. The number of fused-ring (bicyclic) bond motifs is 1. The Morgan fingerprint density at radius 2 is 2.13 bits per heavy atom. The van der Waals surface area contributed by atoms with Gasteiger partial charge in [0.05, 0.1) is 43.1 Å². The zero-order valence-corrected chi connectivity index (χ0v) is 16.9. The van der Waals surface area contributed by atoms with Crippen LogP contribution in [-0.2, 0) is 9.53 Å². The number of hydrogen-bond donors (Lipinski definition) is 0. The van der Waals surface area contributed by atoms with Crippen molar-refractivity contribution in [3.05, 3.63) is 30.6 Å². The average Bonchev–Trinajstić information content (AvgIpc) is 3.25. The average molecular weight is 421 g/mol. The summed E-state index contributed by atoms with van der Waals surface area (Å²) in [6.45, 7) is 2.92. The highest BCUT2D eigenvalue weighted by molar-refractivity contribution is 6.04. The fourth-order valence-electron chi connectivity index (χ4n) is 4.69. The van der Waals surface area contributed by atoms with Crippen molar-refractivity contribution in [1.82, 2.24) is 24.4 Å². The van der Waals surface area contributed by atoms with Gasteiger partial charge in [0.1, 0.15) is 17.0 Å². The first kappa shape index (κ1) is 18.4. The zero-order valence-electron chi connectivity index (χ0n) is 16.9. The third kappa shape index (κ3) is 2.56. The number of carbonyl (C=O) groups excluding carboxylic acids is 1. The fraction of sp³-hybridized carbons (Fsp3) is 0.476. The molecule has 0 spiro atoms. The summed E-state index contributed by atoms with van der Waals surface area (Å²) in [4.78, 5) is 19.4. The molecule has 0 aromatic carbocycles. The first-order valence-electron chi connectivity index (χ1n) is 10.4. The molecule has 6 rings (SSSR count). The van der Waals surface area contributed by atoms with E-state index < -0.39 is 11.2 Å². The van der Waals surface area contributed by atoms with Gasteiger partial charge in [-0.1, -0.05) is 0 Å². The normalized spacial score (nSPS) is 28.2. The van der Waals surface area contributed by atoms with Crippen molar-refractivity contribution in [2.45, 2.75) is 38.3 Å². The lowest BCUT2D eigenvalue weighted by atomic mass is 9.83. The van der Waals surface area contributed by atoms with Gasteiger partial charge in [0.25, 0.3) is 0 Å². The fourth-order valence-corrected chi connectivity index (χ4v) is 4.69. The SMILES string of the molecule is C[C@@H]1OC[C@@H]1n1cc(-c2cn3ncc(F)c3c(N3CC[C@@](C#N)(C4CC4)C3=O)n2)cn1. The number of carbonyl (C=O) groups is 1. The Labute approximate surface area is 177 Å². The van der Waals surface area contributed by atoms with E-state index >= 15 is 0 Å². The van der Waals surface area contributed by atoms with Crippen LogP contribution < -0.4 is 4.90 Å².